The first kappa shape index (κ1) is 36.3. The number of aromatic nitrogens is 1. The van der Waals surface area contributed by atoms with Crippen molar-refractivity contribution in [2.75, 3.05) is 11.9 Å². The molecular formula is C37H39F2N7O3S+. The van der Waals surface area contributed by atoms with Crippen LogP contribution in [0.2, 0.25) is 0 Å². The summed E-state index contributed by atoms with van der Waals surface area (Å²) < 4.78 is 35.4. The summed E-state index contributed by atoms with van der Waals surface area (Å²) in [7, 11) is 0. The number of anilines is 1. The van der Waals surface area contributed by atoms with Gasteiger partial charge >= 0.3 is 11.9 Å². The smallest absolute Gasteiger partial charge is 0.412 e. The van der Waals surface area contributed by atoms with Crippen molar-refractivity contribution in [2.45, 2.75) is 70.7 Å². The molecule has 1 radical (unpaired) electrons. The Labute approximate surface area is 294 Å². The molecule has 0 bridgehead atoms. The number of halogens is 2. The van der Waals surface area contributed by atoms with Gasteiger partial charge in [0.1, 0.15) is 23.8 Å². The molecule has 0 fully saturated rings. The van der Waals surface area contributed by atoms with Gasteiger partial charge < -0.3 is 15.2 Å². The number of rotatable bonds is 14. The largest absolute Gasteiger partial charge is 0.435 e. The van der Waals surface area contributed by atoms with Crippen LogP contribution in [0, 0.1) is 23.0 Å². The molecule has 1 aliphatic heterocycles. The lowest BCUT2D eigenvalue weighted by Gasteiger charge is -2.33. The normalized spacial score (nSPS) is 14.9. The lowest BCUT2D eigenvalue weighted by atomic mass is 9.81. The number of aliphatic hydroxyl groups is 1. The maximum Gasteiger partial charge on any atom is 0.412 e. The van der Waals surface area contributed by atoms with Gasteiger partial charge in [0.25, 0.3) is 6.34 Å². The van der Waals surface area contributed by atoms with Gasteiger partial charge in [-0.2, -0.15) is 5.26 Å². The number of aliphatic imine (C=N–C) groups is 1. The van der Waals surface area contributed by atoms with Gasteiger partial charge in [-0.25, -0.2) is 18.6 Å². The summed E-state index contributed by atoms with van der Waals surface area (Å²) in [5, 5.41) is 35.7. The van der Waals surface area contributed by atoms with Crippen LogP contribution in [0.5, 0.6) is 0 Å². The van der Waals surface area contributed by atoms with E-state index in [1.165, 1.54) is 22.7 Å². The van der Waals surface area contributed by atoms with Crippen molar-refractivity contribution >= 4 is 35.3 Å². The molecule has 3 N–H and O–H groups in total. The molecule has 259 valence electrons. The van der Waals surface area contributed by atoms with Gasteiger partial charge in [0, 0.05) is 45.8 Å². The Morgan fingerprint density at radius 3 is 2.58 bits per heavy atom. The third-order valence-electron chi connectivity index (χ3n) is 8.74. The van der Waals surface area contributed by atoms with E-state index in [9.17, 15) is 14.3 Å². The highest BCUT2D eigenvalue weighted by atomic mass is 32.1. The summed E-state index contributed by atoms with van der Waals surface area (Å²) in [6, 6.07) is 19.7. The van der Waals surface area contributed by atoms with Gasteiger partial charge in [-0.1, -0.05) is 56.1 Å². The zero-order valence-electron chi connectivity index (χ0n) is 28.2. The number of benzene rings is 3. The minimum absolute atomic E-state index is 0.149. The molecule has 1 amide bonds. The number of thiazole rings is 1. The number of ether oxygens (including phenoxy) is 1. The summed E-state index contributed by atoms with van der Waals surface area (Å²) in [6.07, 6.45) is 1.74. The molecule has 5 rings (SSSR count). The van der Waals surface area contributed by atoms with Crippen molar-refractivity contribution in [3.05, 3.63) is 105 Å². The predicted molar refractivity (Wildman–Crippen MR) is 190 cm³/mol. The van der Waals surface area contributed by atoms with Crippen LogP contribution in [0.3, 0.4) is 0 Å². The maximum atomic E-state index is 15.3. The second-order valence-electron chi connectivity index (χ2n) is 12.1. The molecule has 10 nitrogen and oxygen atoms in total. The summed E-state index contributed by atoms with van der Waals surface area (Å²) in [5.74, 6) is -2.20. The number of hydrogen-bond acceptors (Lipinski definition) is 10. The molecule has 2 heterocycles. The third-order valence-corrected chi connectivity index (χ3v) is 9.77. The van der Waals surface area contributed by atoms with E-state index in [1.54, 1.807) is 49.6 Å². The lowest BCUT2D eigenvalue weighted by Crippen LogP contribution is -2.43. The second kappa shape index (κ2) is 16.1. The van der Waals surface area contributed by atoms with Crippen LogP contribution in [0.1, 0.15) is 68.2 Å². The predicted octanol–water partition coefficient (Wildman–Crippen LogP) is 6.86. The minimum Gasteiger partial charge on any atom is -0.435 e. The number of β-amino-alcohol motifs (C(OH)–C–C–N with tert-alkyl or cyclic N) is 1. The van der Waals surface area contributed by atoms with Crippen molar-refractivity contribution in [3.8, 4) is 17.3 Å². The van der Waals surface area contributed by atoms with Crippen LogP contribution in [0.15, 0.2) is 77.2 Å². The van der Waals surface area contributed by atoms with Crippen molar-refractivity contribution in [2.24, 2.45) is 5.10 Å². The number of hydrogen-bond donors (Lipinski definition) is 3. The van der Waals surface area contributed by atoms with Crippen LogP contribution in [-0.4, -0.2) is 52.1 Å². The second-order valence-corrected chi connectivity index (χ2v) is 12.9. The zero-order valence-corrected chi connectivity index (χ0v) is 29.0. The van der Waals surface area contributed by atoms with Gasteiger partial charge in [-0.05, 0) is 61.7 Å². The molecule has 3 aromatic carbocycles. The van der Waals surface area contributed by atoms with Gasteiger partial charge in [0.05, 0.1) is 22.3 Å². The number of carbonyl (C=O) groups excluding carboxylic acids is 1. The van der Waals surface area contributed by atoms with E-state index < -0.39 is 35.4 Å². The van der Waals surface area contributed by atoms with E-state index in [2.05, 4.69) is 40.6 Å². The van der Waals surface area contributed by atoms with E-state index in [0.717, 1.165) is 42.2 Å². The van der Waals surface area contributed by atoms with E-state index in [1.807, 2.05) is 18.2 Å². The SMILES string of the molecule is CCC(CC)NCc1ccccc1NC(=O)OC(C)C1=NN(C[C@](O)(c2cc(F)ccc2F)[C@@H](C)c2nc(-c3ccc(C#N)cc3)cs2)C=[N+]1. The fraction of sp³-hybridized carbons (Fsp3) is 0.324. The summed E-state index contributed by atoms with van der Waals surface area (Å²) in [5.41, 5.74) is 1.12. The molecule has 0 aliphatic carbocycles. The molecule has 0 saturated heterocycles. The number of nitriles is 1. The van der Waals surface area contributed by atoms with E-state index >= 15 is 4.39 Å². The molecule has 0 saturated carbocycles. The molecule has 13 heteroatoms. The number of amides is 1. The van der Waals surface area contributed by atoms with Crippen molar-refractivity contribution in [1.29, 1.82) is 5.26 Å². The first-order valence-corrected chi connectivity index (χ1v) is 17.2. The number of nitrogens with zero attached hydrogens (tertiary/aromatic N) is 5. The quantitative estimate of drug-likeness (QED) is 0.131. The number of nitrogens with one attached hydrogen (secondary N) is 2. The Morgan fingerprint density at radius 2 is 1.86 bits per heavy atom. The van der Waals surface area contributed by atoms with Crippen molar-refractivity contribution < 1.29 is 23.4 Å². The number of carbonyl (C=O) groups is 1. The molecule has 0 spiro atoms. The van der Waals surface area contributed by atoms with Crippen LogP contribution in [0.4, 0.5) is 19.3 Å². The molecule has 4 aromatic rings. The first-order chi connectivity index (χ1) is 24.0. The molecular weight excluding hydrogens is 661 g/mol. The monoisotopic (exact) mass is 699 g/mol. The summed E-state index contributed by atoms with van der Waals surface area (Å²) in [6.45, 7) is 7.80. The van der Waals surface area contributed by atoms with Crippen molar-refractivity contribution in [1.82, 2.24) is 20.3 Å². The Bertz CT molecular complexity index is 1910. The number of para-hydroxylation sites is 1. The zero-order chi connectivity index (χ0) is 35.8. The number of amidine groups is 1. The van der Waals surface area contributed by atoms with Gasteiger partial charge in [-0.15, -0.1) is 16.3 Å². The molecule has 1 aliphatic rings. The topological polar surface area (TPSA) is 137 Å². The summed E-state index contributed by atoms with van der Waals surface area (Å²) >= 11 is 1.26. The Kier molecular flexibility index (Phi) is 11.7. The average molecular weight is 700 g/mol. The van der Waals surface area contributed by atoms with Gasteiger partial charge in [0.15, 0.2) is 6.10 Å². The van der Waals surface area contributed by atoms with Crippen LogP contribution in [0.25, 0.3) is 11.3 Å². The fourth-order valence-electron chi connectivity index (χ4n) is 5.62. The summed E-state index contributed by atoms with van der Waals surface area (Å²) in [4.78, 5) is 21.9. The Hall–Kier alpha value is -5.03. The molecule has 3 atom stereocenters. The highest BCUT2D eigenvalue weighted by Gasteiger charge is 2.46. The Balaban J connectivity index is 1.31. The lowest BCUT2D eigenvalue weighted by molar-refractivity contribution is -0.00827. The van der Waals surface area contributed by atoms with E-state index in [4.69, 9.17) is 15.0 Å². The minimum atomic E-state index is -2.02. The number of hydrazone groups is 1. The van der Waals surface area contributed by atoms with Crippen LogP contribution in [-0.2, 0) is 16.9 Å². The van der Waals surface area contributed by atoms with E-state index in [-0.39, 0.29) is 17.9 Å². The van der Waals surface area contributed by atoms with E-state index in [0.29, 0.717) is 34.5 Å². The molecule has 1 unspecified atom stereocenters. The molecule has 1 aromatic heterocycles. The van der Waals surface area contributed by atoms with Gasteiger partial charge in [-0.3, -0.25) is 5.32 Å². The molecule has 50 heavy (non-hydrogen) atoms. The van der Waals surface area contributed by atoms with Crippen LogP contribution >= 0.6 is 11.3 Å². The van der Waals surface area contributed by atoms with Crippen molar-refractivity contribution in [3.63, 3.8) is 0 Å². The van der Waals surface area contributed by atoms with Crippen LogP contribution < -0.4 is 15.6 Å². The maximum absolute atomic E-state index is 15.3. The van der Waals surface area contributed by atoms with Gasteiger partial charge in [0.2, 0.25) is 0 Å². The third kappa shape index (κ3) is 8.39. The highest BCUT2D eigenvalue weighted by Crippen LogP contribution is 2.41. The Morgan fingerprint density at radius 1 is 1.12 bits per heavy atom. The standard InChI is InChI=1S/C37H39F2N7O3S/c1-5-29(6-2)41-19-27-9-7-8-10-32(27)44-36(47)49-24(4)34-42-22-46(45-34)21-37(48,30-17-28(38)15-16-31(30)39)23(3)35-43-33(20-50-35)26-13-11-25(18-40)12-14-26/h7-17,20,22-24,29,41,48H,5-6,19,21H2,1-4H3,(H,44,47)/q+1/t23-,24?,37+/m0/s1. The average Bonchev–Trinajstić information content (AvgIpc) is 3.81. The first-order valence-electron chi connectivity index (χ1n) is 16.4. The highest BCUT2D eigenvalue weighted by molar-refractivity contribution is 7.10. The fourth-order valence-corrected chi connectivity index (χ4v) is 6.59.